The van der Waals surface area contributed by atoms with E-state index in [2.05, 4.69) is 17.5 Å². The van der Waals surface area contributed by atoms with Gasteiger partial charge in [0.1, 0.15) is 24.3 Å². The summed E-state index contributed by atoms with van der Waals surface area (Å²) < 4.78 is 18.0. The summed E-state index contributed by atoms with van der Waals surface area (Å²) >= 11 is 0. The van der Waals surface area contributed by atoms with Crippen LogP contribution in [0.4, 0.5) is 4.39 Å². The predicted octanol–water partition coefficient (Wildman–Crippen LogP) is 2.04. The number of carbonyl (C=O) groups excluding carboxylic acids is 1. The second-order valence-corrected chi connectivity index (χ2v) is 5.19. The molecule has 2 unspecified atom stereocenters. The molecule has 1 aliphatic carbocycles. The zero-order chi connectivity index (χ0) is 15.1. The normalized spacial score (nSPS) is 18.5. The van der Waals surface area contributed by atoms with Crippen LogP contribution < -0.4 is 10.1 Å². The summed E-state index contributed by atoms with van der Waals surface area (Å²) in [6.07, 6.45) is 5.87. The van der Waals surface area contributed by atoms with Crippen molar-refractivity contribution in [2.75, 3.05) is 13.2 Å². The SMILES string of the molecule is O=C(CC1C=CCC1)NCC(O)COc1ccc(F)cc1. The Morgan fingerprint density at radius 2 is 2.19 bits per heavy atom. The highest BCUT2D eigenvalue weighted by Crippen LogP contribution is 2.19. The Morgan fingerprint density at radius 3 is 2.86 bits per heavy atom. The van der Waals surface area contributed by atoms with E-state index in [0.29, 0.717) is 18.1 Å². The number of amides is 1. The maximum absolute atomic E-state index is 12.7. The zero-order valence-electron chi connectivity index (χ0n) is 11.8. The molecule has 4 nitrogen and oxygen atoms in total. The number of carbonyl (C=O) groups is 1. The van der Waals surface area contributed by atoms with Crippen molar-refractivity contribution in [2.24, 2.45) is 5.92 Å². The van der Waals surface area contributed by atoms with Crippen molar-refractivity contribution in [1.82, 2.24) is 5.32 Å². The van der Waals surface area contributed by atoms with E-state index in [4.69, 9.17) is 4.74 Å². The van der Waals surface area contributed by atoms with E-state index in [0.717, 1.165) is 12.8 Å². The summed E-state index contributed by atoms with van der Waals surface area (Å²) in [5.41, 5.74) is 0. The largest absolute Gasteiger partial charge is 0.491 e. The van der Waals surface area contributed by atoms with Crippen LogP contribution in [0.2, 0.25) is 0 Å². The van der Waals surface area contributed by atoms with Crippen molar-refractivity contribution in [3.05, 3.63) is 42.2 Å². The fourth-order valence-corrected chi connectivity index (χ4v) is 2.19. The first kappa shape index (κ1) is 15.5. The lowest BCUT2D eigenvalue weighted by molar-refractivity contribution is -0.122. The topological polar surface area (TPSA) is 58.6 Å². The fraction of sp³-hybridized carbons (Fsp3) is 0.438. The van der Waals surface area contributed by atoms with Gasteiger partial charge >= 0.3 is 0 Å². The van der Waals surface area contributed by atoms with Gasteiger partial charge in [-0.1, -0.05) is 12.2 Å². The number of hydrogen-bond acceptors (Lipinski definition) is 3. The lowest BCUT2D eigenvalue weighted by atomic mass is 10.1. The molecule has 1 amide bonds. The van der Waals surface area contributed by atoms with Crippen LogP contribution in [0.15, 0.2) is 36.4 Å². The summed E-state index contributed by atoms with van der Waals surface area (Å²) in [6, 6.07) is 5.57. The van der Waals surface area contributed by atoms with Gasteiger partial charge in [0.15, 0.2) is 0 Å². The molecule has 0 radical (unpaired) electrons. The minimum absolute atomic E-state index is 0.0508. The van der Waals surface area contributed by atoms with Gasteiger partial charge in [0, 0.05) is 13.0 Å². The molecular weight excluding hydrogens is 273 g/mol. The van der Waals surface area contributed by atoms with Gasteiger partial charge in [-0.2, -0.15) is 0 Å². The molecular formula is C16H20FNO3. The highest BCUT2D eigenvalue weighted by molar-refractivity contribution is 5.76. The third-order valence-electron chi connectivity index (χ3n) is 3.35. The van der Waals surface area contributed by atoms with Gasteiger partial charge in [-0.15, -0.1) is 0 Å². The summed E-state index contributed by atoms with van der Waals surface area (Å²) in [5.74, 6) is 0.402. The van der Waals surface area contributed by atoms with Crippen LogP contribution in [0.5, 0.6) is 5.75 Å². The van der Waals surface area contributed by atoms with Crippen LogP contribution in [0, 0.1) is 11.7 Å². The smallest absolute Gasteiger partial charge is 0.220 e. The fourth-order valence-electron chi connectivity index (χ4n) is 2.19. The summed E-state index contributed by atoms with van der Waals surface area (Å²) in [6.45, 7) is 0.200. The molecule has 2 atom stereocenters. The third kappa shape index (κ3) is 5.55. The van der Waals surface area contributed by atoms with Gasteiger partial charge in [-0.25, -0.2) is 4.39 Å². The van der Waals surface area contributed by atoms with Crippen LogP contribution in [0.25, 0.3) is 0 Å². The molecule has 0 saturated carbocycles. The molecule has 21 heavy (non-hydrogen) atoms. The maximum Gasteiger partial charge on any atom is 0.220 e. The number of rotatable bonds is 7. The Labute approximate surface area is 123 Å². The zero-order valence-corrected chi connectivity index (χ0v) is 11.8. The van der Waals surface area contributed by atoms with Crippen LogP contribution in [-0.2, 0) is 4.79 Å². The Bertz CT molecular complexity index is 487. The molecule has 114 valence electrons. The van der Waals surface area contributed by atoms with E-state index in [-0.39, 0.29) is 24.9 Å². The van der Waals surface area contributed by atoms with Gasteiger partial charge in [-0.05, 0) is 43.0 Å². The van der Waals surface area contributed by atoms with Crippen molar-refractivity contribution >= 4 is 5.91 Å². The molecule has 0 aliphatic heterocycles. The van der Waals surface area contributed by atoms with Gasteiger partial charge < -0.3 is 15.2 Å². The van der Waals surface area contributed by atoms with Crippen molar-refractivity contribution in [2.45, 2.75) is 25.4 Å². The van der Waals surface area contributed by atoms with E-state index in [1.165, 1.54) is 24.3 Å². The van der Waals surface area contributed by atoms with Gasteiger partial charge in [0.25, 0.3) is 0 Å². The monoisotopic (exact) mass is 293 g/mol. The molecule has 2 N–H and O–H groups in total. The van der Waals surface area contributed by atoms with Crippen molar-refractivity contribution < 1.29 is 19.0 Å². The van der Waals surface area contributed by atoms with Crippen LogP contribution in [0.3, 0.4) is 0 Å². The second-order valence-electron chi connectivity index (χ2n) is 5.19. The molecule has 1 aromatic carbocycles. The number of aliphatic hydroxyl groups is 1. The van der Waals surface area contributed by atoms with Gasteiger partial charge in [-0.3, -0.25) is 4.79 Å². The average Bonchev–Trinajstić information content (AvgIpc) is 2.97. The second kappa shape index (κ2) is 7.78. The van der Waals surface area contributed by atoms with Crippen molar-refractivity contribution in [3.63, 3.8) is 0 Å². The number of halogens is 1. The van der Waals surface area contributed by atoms with E-state index in [1.807, 2.05) is 0 Å². The van der Waals surface area contributed by atoms with Crippen LogP contribution >= 0.6 is 0 Å². The molecule has 1 aliphatic rings. The Balaban J connectivity index is 1.62. The van der Waals surface area contributed by atoms with E-state index in [9.17, 15) is 14.3 Å². The highest BCUT2D eigenvalue weighted by atomic mass is 19.1. The Morgan fingerprint density at radius 1 is 1.43 bits per heavy atom. The van der Waals surface area contributed by atoms with Crippen molar-refractivity contribution in [1.29, 1.82) is 0 Å². The molecule has 0 saturated heterocycles. The Kier molecular flexibility index (Phi) is 5.75. The van der Waals surface area contributed by atoms with Gasteiger partial charge in [0.05, 0.1) is 0 Å². The van der Waals surface area contributed by atoms with Crippen molar-refractivity contribution in [3.8, 4) is 5.75 Å². The lowest BCUT2D eigenvalue weighted by Gasteiger charge is -2.14. The standard InChI is InChI=1S/C16H20FNO3/c17-13-5-7-15(8-6-13)21-11-14(19)10-18-16(20)9-12-3-1-2-4-12/h1,3,5-8,12,14,19H,2,4,9-11H2,(H,18,20). The number of ether oxygens (including phenoxy) is 1. The number of nitrogens with one attached hydrogen (secondary N) is 1. The quantitative estimate of drug-likeness (QED) is 0.756. The van der Waals surface area contributed by atoms with E-state index >= 15 is 0 Å². The average molecular weight is 293 g/mol. The van der Waals surface area contributed by atoms with Crippen LogP contribution in [0.1, 0.15) is 19.3 Å². The minimum Gasteiger partial charge on any atom is -0.491 e. The lowest BCUT2D eigenvalue weighted by Crippen LogP contribution is -2.35. The first-order valence-electron chi connectivity index (χ1n) is 7.13. The molecule has 0 spiro atoms. The first-order valence-corrected chi connectivity index (χ1v) is 7.13. The molecule has 2 rings (SSSR count). The van der Waals surface area contributed by atoms with Crippen LogP contribution in [-0.4, -0.2) is 30.3 Å². The third-order valence-corrected chi connectivity index (χ3v) is 3.35. The minimum atomic E-state index is -0.793. The Hall–Kier alpha value is -1.88. The predicted molar refractivity (Wildman–Crippen MR) is 77.4 cm³/mol. The molecule has 1 aromatic rings. The number of benzene rings is 1. The summed E-state index contributed by atoms with van der Waals surface area (Å²) in [5, 5.41) is 12.4. The molecule has 0 heterocycles. The summed E-state index contributed by atoms with van der Waals surface area (Å²) in [4.78, 5) is 11.7. The first-order chi connectivity index (χ1) is 10.1. The highest BCUT2D eigenvalue weighted by Gasteiger charge is 2.14. The maximum atomic E-state index is 12.7. The van der Waals surface area contributed by atoms with Gasteiger partial charge in [0.2, 0.25) is 5.91 Å². The number of aliphatic hydroxyl groups excluding tert-OH is 1. The summed E-state index contributed by atoms with van der Waals surface area (Å²) in [7, 11) is 0. The van der Waals surface area contributed by atoms with E-state index < -0.39 is 6.10 Å². The number of hydrogen-bond donors (Lipinski definition) is 2. The molecule has 5 heteroatoms. The number of allylic oxidation sites excluding steroid dienone is 2. The van der Waals surface area contributed by atoms with E-state index in [1.54, 1.807) is 0 Å². The molecule has 0 bridgehead atoms. The molecule has 0 fully saturated rings. The molecule has 0 aromatic heterocycles.